The highest BCUT2D eigenvalue weighted by atomic mass is 16.9. The Morgan fingerprint density at radius 2 is 2.04 bits per heavy atom. The summed E-state index contributed by atoms with van der Waals surface area (Å²) in [5, 5.41) is 3.38. The Morgan fingerprint density at radius 1 is 1.33 bits per heavy atom. The number of hydrogen-bond donors (Lipinski definition) is 2. The van der Waals surface area contributed by atoms with Crippen molar-refractivity contribution < 1.29 is 19.1 Å². The van der Waals surface area contributed by atoms with E-state index in [0.717, 1.165) is 24.1 Å². The summed E-state index contributed by atoms with van der Waals surface area (Å²) in [6.07, 6.45) is 1.46. The Morgan fingerprint density at radius 3 is 2.63 bits per heavy atom. The molecular formula is C20H27N3O4. The van der Waals surface area contributed by atoms with Gasteiger partial charge in [-0.3, -0.25) is 9.59 Å². The topological polar surface area (TPSA) is 93.9 Å². The molecule has 3 aliphatic heterocycles. The SMILES string of the molecule is CCC1(CC)CC(C(N)=O)C2Nc3ccc(C4OC(C)O4)cc3C(=O)N2C1. The number of amides is 2. The van der Waals surface area contributed by atoms with E-state index in [1.54, 1.807) is 4.90 Å². The molecule has 7 heteroatoms. The average molecular weight is 373 g/mol. The molecule has 1 aromatic carbocycles. The van der Waals surface area contributed by atoms with Gasteiger partial charge in [0.1, 0.15) is 6.17 Å². The van der Waals surface area contributed by atoms with E-state index in [-0.39, 0.29) is 23.5 Å². The zero-order valence-electron chi connectivity index (χ0n) is 16.0. The van der Waals surface area contributed by atoms with E-state index >= 15 is 0 Å². The van der Waals surface area contributed by atoms with Gasteiger partial charge in [-0.1, -0.05) is 19.9 Å². The fourth-order valence-corrected chi connectivity index (χ4v) is 4.56. The van der Waals surface area contributed by atoms with E-state index in [2.05, 4.69) is 19.2 Å². The summed E-state index contributed by atoms with van der Waals surface area (Å²) in [7, 11) is 0. The van der Waals surface area contributed by atoms with E-state index < -0.39 is 18.4 Å². The number of nitrogens with two attached hydrogens (primary N) is 1. The van der Waals surface area contributed by atoms with Gasteiger partial charge < -0.3 is 25.4 Å². The maximum atomic E-state index is 13.3. The minimum absolute atomic E-state index is 0.0693. The number of benzene rings is 1. The third kappa shape index (κ3) is 2.89. The Hall–Kier alpha value is -2.12. The summed E-state index contributed by atoms with van der Waals surface area (Å²) in [5.74, 6) is -0.837. The fourth-order valence-electron chi connectivity index (χ4n) is 4.56. The first-order valence-electron chi connectivity index (χ1n) is 9.69. The van der Waals surface area contributed by atoms with Crippen molar-refractivity contribution in [1.82, 2.24) is 4.90 Å². The van der Waals surface area contributed by atoms with Crippen molar-refractivity contribution in [1.29, 1.82) is 0 Å². The highest BCUT2D eigenvalue weighted by Crippen LogP contribution is 2.45. The Kier molecular flexibility index (Phi) is 4.39. The molecule has 27 heavy (non-hydrogen) atoms. The standard InChI is InChI=1S/C20H27N3O4/c1-4-20(5-2)9-14(16(21)24)17-22-15-7-6-12(19-26-11(3)27-19)8-13(15)18(25)23(17)10-20/h6-8,11,14,17,19,22H,4-5,9-10H2,1-3H3,(H2,21,24). The lowest BCUT2D eigenvalue weighted by atomic mass is 9.69. The first kappa shape index (κ1) is 18.3. The summed E-state index contributed by atoms with van der Waals surface area (Å²) < 4.78 is 11.1. The molecule has 2 saturated heterocycles. The van der Waals surface area contributed by atoms with Gasteiger partial charge in [-0.15, -0.1) is 0 Å². The van der Waals surface area contributed by atoms with E-state index in [0.29, 0.717) is 18.5 Å². The van der Waals surface area contributed by atoms with Crippen LogP contribution >= 0.6 is 0 Å². The second kappa shape index (κ2) is 6.49. The lowest BCUT2D eigenvalue weighted by Gasteiger charge is -2.52. The van der Waals surface area contributed by atoms with Crippen LogP contribution in [-0.2, 0) is 14.3 Å². The van der Waals surface area contributed by atoms with Crippen LogP contribution in [0.4, 0.5) is 5.69 Å². The third-order valence-corrected chi connectivity index (χ3v) is 6.48. The van der Waals surface area contributed by atoms with Crippen LogP contribution in [0.15, 0.2) is 18.2 Å². The van der Waals surface area contributed by atoms with Gasteiger partial charge in [-0.05, 0) is 43.7 Å². The molecule has 0 radical (unpaired) electrons. The Balaban J connectivity index is 1.69. The van der Waals surface area contributed by atoms with Crippen molar-refractivity contribution in [2.75, 3.05) is 11.9 Å². The summed E-state index contributed by atoms with van der Waals surface area (Å²) >= 11 is 0. The zero-order valence-corrected chi connectivity index (χ0v) is 16.0. The first-order valence-corrected chi connectivity index (χ1v) is 9.69. The predicted molar refractivity (Wildman–Crippen MR) is 99.6 cm³/mol. The number of fused-ring (bicyclic) bond motifs is 2. The molecule has 2 unspecified atom stereocenters. The van der Waals surface area contributed by atoms with Crippen LogP contribution < -0.4 is 11.1 Å². The van der Waals surface area contributed by atoms with Crippen LogP contribution in [0.1, 0.15) is 62.2 Å². The number of hydrogen-bond acceptors (Lipinski definition) is 5. The lowest BCUT2D eigenvalue weighted by Crippen LogP contribution is -2.62. The molecule has 0 spiro atoms. The summed E-state index contributed by atoms with van der Waals surface area (Å²) in [4.78, 5) is 27.3. The lowest BCUT2D eigenvalue weighted by molar-refractivity contribution is -0.382. The number of anilines is 1. The number of carbonyl (C=O) groups excluding carboxylic acids is 2. The number of carbonyl (C=O) groups is 2. The molecule has 7 nitrogen and oxygen atoms in total. The second-order valence-electron chi connectivity index (χ2n) is 7.92. The van der Waals surface area contributed by atoms with Crippen LogP contribution in [0.2, 0.25) is 0 Å². The van der Waals surface area contributed by atoms with Crippen LogP contribution in [0.5, 0.6) is 0 Å². The molecule has 0 aliphatic carbocycles. The summed E-state index contributed by atoms with van der Waals surface area (Å²) in [5.41, 5.74) is 7.77. The summed E-state index contributed by atoms with van der Waals surface area (Å²) in [6, 6.07) is 5.57. The minimum atomic E-state index is -0.430. The summed E-state index contributed by atoms with van der Waals surface area (Å²) in [6.45, 7) is 6.68. The van der Waals surface area contributed by atoms with Gasteiger partial charge in [0.2, 0.25) is 5.91 Å². The molecule has 146 valence electrons. The molecule has 0 saturated carbocycles. The molecular weight excluding hydrogens is 346 g/mol. The van der Waals surface area contributed by atoms with Gasteiger partial charge in [-0.25, -0.2) is 0 Å². The Bertz CT molecular complexity index is 770. The van der Waals surface area contributed by atoms with E-state index in [1.165, 1.54) is 0 Å². The van der Waals surface area contributed by atoms with Crippen molar-refractivity contribution in [3.63, 3.8) is 0 Å². The third-order valence-electron chi connectivity index (χ3n) is 6.48. The van der Waals surface area contributed by atoms with Crippen molar-refractivity contribution in [3.05, 3.63) is 29.3 Å². The van der Waals surface area contributed by atoms with Crippen molar-refractivity contribution in [2.45, 2.75) is 58.8 Å². The number of primary amides is 1. The first-order chi connectivity index (χ1) is 12.9. The van der Waals surface area contributed by atoms with Gasteiger partial charge in [0.25, 0.3) is 5.91 Å². The highest BCUT2D eigenvalue weighted by molar-refractivity contribution is 6.02. The monoisotopic (exact) mass is 373 g/mol. The smallest absolute Gasteiger partial charge is 0.257 e. The minimum Gasteiger partial charge on any atom is -0.369 e. The molecule has 2 fully saturated rings. The van der Waals surface area contributed by atoms with Crippen LogP contribution in [0.3, 0.4) is 0 Å². The van der Waals surface area contributed by atoms with Gasteiger partial charge in [0.15, 0.2) is 12.6 Å². The number of ether oxygens (including phenoxy) is 2. The number of nitrogens with one attached hydrogen (secondary N) is 1. The fraction of sp³-hybridized carbons (Fsp3) is 0.600. The van der Waals surface area contributed by atoms with Crippen molar-refractivity contribution in [3.8, 4) is 0 Å². The zero-order chi connectivity index (χ0) is 19.3. The normalized spacial score (nSPS) is 31.4. The van der Waals surface area contributed by atoms with E-state index in [1.807, 2.05) is 25.1 Å². The molecule has 4 rings (SSSR count). The highest BCUT2D eigenvalue weighted by Gasteiger charge is 2.49. The predicted octanol–water partition coefficient (Wildman–Crippen LogP) is 2.58. The molecule has 2 atom stereocenters. The van der Waals surface area contributed by atoms with Crippen molar-refractivity contribution >= 4 is 17.5 Å². The Labute approximate surface area is 159 Å². The van der Waals surface area contributed by atoms with Crippen LogP contribution in [0.25, 0.3) is 0 Å². The quantitative estimate of drug-likeness (QED) is 0.846. The van der Waals surface area contributed by atoms with Gasteiger partial charge in [0, 0.05) is 17.8 Å². The van der Waals surface area contributed by atoms with Crippen LogP contribution in [0, 0.1) is 11.3 Å². The maximum absolute atomic E-state index is 13.3. The number of piperidine rings is 1. The van der Waals surface area contributed by atoms with Crippen molar-refractivity contribution in [2.24, 2.45) is 17.1 Å². The molecule has 2 amide bonds. The molecule has 0 aromatic heterocycles. The molecule has 3 aliphatic rings. The number of rotatable bonds is 4. The number of nitrogens with zero attached hydrogens (tertiary/aromatic N) is 1. The van der Waals surface area contributed by atoms with Gasteiger partial charge >= 0.3 is 0 Å². The van der Waals surface area contributed by atoms with E-state index in [9.17, 15) is 9.59 Å². The molecule has 3 N–H and O–H groups in total. The molecule has 3 heterocycles. The van der Waals surface area contributed by atoms with Gasteiger partial charge in [0.05, 0.1) is 11.5 Å². The van der Waals surface area contributed by atoms with Gasteiger partial charge in [-0.2, -0.15) is 0 Å². The maximum Gasteiger partial charge on any atom is 0.257 e. The largest absolute Gasteiger partial charge is 0.369 e. The molecule has 0 bridgehead atoms. The second-order valence-corrected chi connectivity index (χ2v) is 7.92. The van der Waals surface area contributed by atoms with E-state index in [4.69, 9.17) is 15.2 Å². The van der Waals surface area contributed by atoms with Crippen LogP contribution in [-0.4, -0.2) is 35.7 Å². The average Bonchev–Trinajstić information content (AvgIpc) is 2.65. The molecule has 1 aromatic rings.